The second-order valence-corrected chi connectivity index (χ2v) is 5.88. The highest BCUT2D eigenvalue weighted by atomic mass is 32.2. The van der Waals surface area contributed by atoms with Crippen molar-refractivity contribution in [2.45, 2.75) is 0 Å². The Labute approximate surface area is 96.8 Å². The lowest BCUT2D eigenvalue weighted by Gasteiger charge is -1.90. The normalized spacial score (nSPS) is 13.2. The van der Waals surface area contributed by atoms with E-state index < -0.39 is 14.8 Å². The summed E-state index contributed by atoms with van der Waals surface area (Å²) >= 11 is 1.34. The van der Waals surface area contributed by atoms with E-state index in [2.05, 4.69) is 0 Å². The van der Waals surface area contributed by atoms with Crippen LogP contribution in [0.1, 0.15) is 4.88 Å². The Balaban J connectivity index is 3.02. The zero-order chi connectivity index (χ0) is 12.2. The van der Waals surface area contributed by atoms with Crippen LogP contribution in [0.4, 0.5) is 0 Å². The van der Waals surface area contributed by atoms with Crippen molar-refractivity contribution < 1.29 is 13.3 Å². The summed E-state index contributed by atoms with van der Waals surface area (Å²) in [6.45, 7) is 0. The first-order valence-corrected chi connectivity index (χ1v) is 6.99. The van der Waals surface area contributed by atoms with E-state index in [1.165, 1.54) is 17.4 Å². The van der Waals surface area contributed by atoms with E-state index >= 15 is 0 Å². The maximum atomic E-state index is 10.8. The number of hydrogen-bond acceptors (Lipinski definition) is 5. The van der Waals surface area contributed by atoms with Crippen LogP contribution in [0.15, 0.2) is 34.7 Å². The van der Waals surface area contributed by atoms with Crippen molar-refractivity contribution in [2.24, 2.45) is 0 Å². The van der Waals surface area contributed by atoms with Crippen LogP contribution in [0.5, 0.6) is 0 Å². The summed E-state index contributed by atoms with van der Waals surface area (Å²) in [7, 11) is -3.35. The Morgan fingerprint density at radius 2 is 2.25 bits per heavy atom. The van der Waals surface area contributed by atoms with Gasteiger partial charge in [-0.3, -0.25) is 10.1 Å². The fourth-order valence-corrected chi connectivity index (χ4v) is 1.92. The molecule has 0 bridgehead atoms. The van der Waals surface area contributed by atoms with Gasteiger partial charge in [-0.15, -0.1) is 11.3 Å². The van der Waals surface area contributed by atoms with E-state index in [0.29, 0.717) is 4.88 Å². The average Bonchev–Trinajstić information content (AvgIpc) is 2.62. The lowest BCUT2D eigenvalue weighted by Crippen LogP contribution is -1.96. The molecule has 1 heterocycles. The van der Waals surface area contributed by atoms with E-state index in [9.17, 15) is 18.5 Å². The van der Waals surface area contributed by atoms with Crippen LogP contribution in [0.2, 0.25) is 0 Å². The summed E-state index contributed by atoms with van der Waals surface area (Å²) in [5.41, 5.74) is -0.257. The van der Waals surface area contributed by atoms with Gasteiger partial charge in [0.1, 0.15) is 0 Å². The molecule has 0 radical (unpaired) electrons. The molecule has 0 fully saturated rings. The first-order valence-electron chi connectivity index (χ1n) is 4.16. The summed E-state index contributed by atoms with van der Waals surface area (Å²) < 4.78 is 21.7. The molecule has 86 valence electrons. The minimum absolute atomic E-state index is 0.257. The first-order chi connectivity index (χ1) is 7.38. The van der Waals surface area contributed by atoms with Crippen molar-refractivity contribution in [2.75, 3.05) is 6.26 Å². The maximum absolute atomic E-state index is 10.8. The highest BCUT2D eigenvalue weighted by Gasteiger charge is 2.08. The van der Waals surface area contributed by atoms with Crippen LogP contribution in [0, 0.1) is 10.1 Å². The number of nitro groups is 1. The SMILES string of the molecule is CS(=O)(=O)/C=C\C(=C/c1cccs1)[N+](=O)[O-]. The van der Waals surface area contributed by atoms with Crippen molar-refractivity contribution in [3.05, 3.63) is 49.7 Å². The second kappa shape index (κ2) is 5.04. The zero-order valence-electron chi connectivity index (χ0n) is 8.36. The van der Waals surface area contributed by atoms with Crippen LogP contribution in [-0.2, 0) is 9.84 Å². The lowest BCUT2D eigenvalue weighted by molar-refractivity contribution is -0.417. The smallest absolute Gasteiger partial charge is 0.258 e. The summed E-state index contributed by atoms with van der Waals surface area (Å²) in [6.07, 6.45) is 3.29. The predicted octanol–water partition coefficient (Wildman–Crippen LogP) is 1.92. The monoisotopic (exact) mass is 259 g/mol. The van der Waals surface area contributed by atoms with Gasteiger partial charge in [-0.05, 0) is 11.4 Å². The van der Waals surface area contributed by atoms with Crippen molar-refractivity contribution in [3.8, 4) is 0 Å². The molecule has 1 aromatic heterocycles. The minimum Gasteiger partial charge on any atom is -0.258 e. The molecule has 1 aromatic rings. The van der Waals surface area contributed by atoms with Crippen LogP contribution in [0.25, 0.3) is 6.08 Å². The molecule has 0 amide bonds. The van der Waals surface area contributed by atoms with Crippen molar-refractivity contribution in [1.82, 2.24) is 0 Å². The highest BCUT2D eigenvalue weighted by Crippen LogP contribution is 2.14. The molecule has 0 N–H and O–H groups in total. The number of allylic oxidation sites excluding steroid dienone is 1. The van der Waals surface area contributed by atoms with Crippen LogP contribution >= 0.6 is 11.3 Å². The zero-order valence-corrected chi connectivity index (χ0v) is 9.99. The molecule has 0 spiro atoms. The number of hydrogen-bond donors (Lipinski definition) is 0. The fraction of sp³-hybridized carbons (Fsp3) is 0.111. The average molecular weight is 259 g/mol. The Morgan fingerprint density at radius 3 is 2.69 bits per heavy atom. The van der Waals surface area contributed by atoms with Crippen LogP contribution < -0.4 is 0 Å². The first kappa shape index (κ1) is 12.6. The molecular weight excluding hydrogens is 250 g/mol. The molecule has 0 saturated heterocycles. The van der Waals surface area contributed by atoms with Gasteiger partial charge in [0.2, 0.25) is 0 Å². The highest BCUT2D eigenvalue weighted by molar-refractivity contribution is 7.93. The third-order valence-electron chi connectivity index (χ3n) is 1.53. The molecular formula is C9H9NO4S2. The number of sulfone groups is 1. The molecule has 0 aromatic carbocycles. The molecule has 0 aliphatic rings. The van der Waals surface area contributed by atoms with Crippen molar-refractivity contribution in [1.29, 1.82) is 0 Å². The summed E-state index contributed by atoms with van der Waals surface area (Å²) in [5, 5.41) is 13.2. The van der Waals surface area contributed by atoms with Crippen LogP contribution in [0.3, 0.4) is 0 Å². The maximum Gasteiger partial charge on any atom is 0.271 e. The van der Waals surface area contributed by atoms with Gasteiger partial charge in [0.15, 0.2) is 9.84 Å². The van der Waals surface area contributed by atoms with Gasteiger partial charge < -0.3 is 0 Å². The number of thiophene rings is 1. The van der Waals surface area contributed by atoms with E-state index in [0.717, 1.165) is 17.7 Å². The molecule has 0 aliphatic heterocycles. The van der Waals surface area contributed by atoms with E-state index in [1.807, 2.05) is 0 Å². The molecule has 7 heteroatoms. The quantitative estimate of drug-likeness (QED) is 0.470. The Hall–Kier alpha value is -1.47. The number of nitrogens with zero attached hydrogens (tertiary/aromatic N) is 1. The topological polar surface area (TPSA) is 77.3 Å². The van der Waals surface area contributed by atoms with Gasteiger partial charge in [-0.1, -0.05) is 6.07 Å². The molecule has 16 heavy (non-hydrogen) atoms. The Morgan fingerprint density at radius 1 is 1.56 bits per heavy atom. The predicted molar refractivity (Wildman–Crippen MR) is 63.3 cm³/mol. The van der Waals surface area contributed by atoms with Crippen molar-refractivity contribution >= 4 is 27.3 Å². The van der Waals surface area contributed by atoms with Gasteiger partial charge in [0, 0.05) is 28.7 Å². The molecule has 1 rings (SSSR count). The minimum atomic E-state index is -3.35. The molecule has 0 atom stereocenters. The van der Waals surface area contributed by atoms with Gasteiger partial charge in [-0.2, -0.15) is 0 Å². The van der Waals surface area contributed by atoms with Crippen LogP contribution in [-0.4, -0.2) is 19.6 Å². The fourth-order valence-electron chi connectivity index (χ4n) is 0.874. The summed E-state index contributed by atoms with van der Waals surface area (Å²) in [4.78, 5) is 10.7. The molecule has 0 saturated carbocycles. The van der Waals surface area contributed by atoms with E-state index in [1.54, 1.807) is 17.5 Å². The third-order valence-corrected chi connectivity index (χ3v) is 2.98. The molecule has 0 unspecified atom stereocenters. The Bertz CT molecular complexity index is 526. The van der Waals surface area contributed by atoms with Gasteiger partial charge in [-0.25, -0.2) is 8.42 Å². The van der Waals surface area contributed by atoms with Crippen molar-refractivity contribution in [3.63, 3.8) is 0 Å². The Kier molecular flexibility index (Phi) is 3.97. The standard InChI is InChI=1S/C9H9NO4S2/c1-16(13,14)6-4-8(10(11)12)7-9-3-2-5-15-9/h2-7H,1H3/b6-4-,8-7+. The summed E-state index contributed by atoms with van der Waals surface area (Å²) in [5.74, 6) is 0. The van der Waals surface area contributed by atoms with Gasteiger partial charge in [0.25, 0.3) is 5.70 Å². The third kappa shape index (κ3) is 4.37. The van der Waals surface area contributed by atoms with E-state index in [4.69, 9.17) is 0 Å². The second-order valence-electron chi connectivity index (χ2n) is 2.97. The van der Waals surface area contributed by atoms with E-state index in [-0.39, 0.29) is 5.70 Å². The molecule has 0 aliphatic carbocycles. The molecule has 5 nitrogen and oxygen atoms in total. The van der Waals surface area contributed by atoms with Gasteiger partial charge in [0.05, 0.1) is 4.92 Å². The summed E-state index contributed by atoms with van der Waals surface area (Å²) in [6, 6.07) is 3.47. The lowest BCUT2D eigenvalue weighted by atomic mass is 10.3. The largest absolute Gasteiger partial charge is 0.271 e. The number of rotatable bonds is 4. The van der Waals surface area contributed by atoms with Gasteiger partial charge >= 0.3 is 0 Å².